The molecule has 3 aromatic rings. The van der Waals surface area contributed by atoms with Crippen LogP contribution in [-0.4, -0.2) is 65.7 Å². The molecule has 0 bridgehead atoms. The smallest absolute Gasteiger partial charge is 0.212 e. The Balaban J connectivity index is 1.71. The van der Waals surface area contributed by atoms with Crippen LogP contribution in [-0.2, 0) is 14.4 Å². The maximum absolute atomic E-state index is 11.0. The molecule has 0 radical (unpaired) electrons. The Bertz CT molecular complexity index is 1150. The standard InChI is InChI=1S/C25H30N6O3/c1-4-8-19-13-20(14-26-24(19)27-17-32)23-18(2)25(31(29-23)22-9-6-5-7-10-22)28-21-15-30(34-16-21)11-12-33-3/h4-10,13-14,17,21,28H,11-12,15-16H2,1-3H3,(H,26,27,32)/b8-4-. The minimum Gasteiger partial charge on any atom is -0.383 e. The van der Waals surface area contributed by atoms with Crippen molar-refractivity contribution in [2.45, 2.75) is 19.9 Å². The number of nitrogens with zero attached hydrogens (tertiary/aromatic N) is 4. The average molecular weight is 463 g/mol. The summed E-state index contributed by atoms with van der Waals surface area (Å²) in [6.07, 6.45) is 6.19. The molecule has 1 aliphatic heterocycles. The maximum atomic E-state index is 11.0. The summed E-state index contributed by atoms with van der Waals surface area (Å²) >= 11 is 0. The third kappa shape index (κ3) is 5.17. The number of amides is 1. The van der Waals surface area contributed by atoms with Crippen molar-refractivity contribution in [2.75, 3.05) is 44.0 Å². The molecule has 1 aliphatic rings. The number of hydroxylamine groups is 2. The molecule has 0 saturated carbocycles. The molecule has 4 rings (SSSR count). The highest BCUT2D eigenvalue weighted by molar-refractivity contribution is 5.79. The lowest BCUT2D eigenvalue weighted by Crippen LogP contribution is -2.29. The maximum Gasteiger partial charge on any atom is 0.212 e. The Kier molecular flexibility index (Phi) is 7.69. The van der Waals surface area contributed by atoms with E-state index in [1.165, 1.54) is 0 Å². The molecule has 34 heavy (non-hydrogen) atoms. The molecule has 178 valence electrons. The summed E-state index contributed by atoms with van der Waals surface area (Å²) in [5, 5.41) is 13.2. The number of benzene rings is 1. The van der Waals surface area contributed by atoms with Crippen LogP contribution in [0.2, 0.25) is 0 Å². The lowest BCUT2D eigenvalue weighted by atomic mass is 10.1. The van der Waals surface area contributed by atoms with Gasteiger partial charge < -0.3 is 15.4 Å². The van der Waals surface area contributed by atoms with Gasteiger partial charge in [0, 0.05) is 43.1 Å². The number of hydrogen-bond acceptors (Lipinski definition) is 7. The van der Waals surface area contributed by atoms with Crippen molar-refractivity contribution in [3.05, 3.63) is 59.8 Å². The molecular formula is C25H30N6O3. The number of anilines is 2. The Hall–Kier alpha value is -3.53. The largest absolute Gasteiger partial charge is 0.383 e. The number of para-hydroxylation sites is 1. The number of pyridine rings is 1. The monoisotopic (exact) mass is 462 g/mol. The van der Waals surface area contributed by atoms with Gasteiger partial charge in [-0.3, -0.25) is 9.63 Å². The van der Waals surface area contributed by atoms with E-state index in [0.717, 1.165) is 47.0 Å². The van der Waals surface area contributed by atoms with Gasteiger partial charge in [0.05, 0.1) is 30.6 Å². The van der Waals surface area contributed by atoms with Crippen molar-refractivity contribution in [1.29, 1.82) is 0 Å². The first-order valence-electron chi connectivity index (χ1n) is 11.3. The molecule has 1 amide bonds. The Morgan fingerprint density at radius 3 is 2.85 bits per heavy atom. The summed E-state index contributed by atoms with van der Waals surface area (Å²) in [4.78, 5) is 21.2. The fourth-order valence-corrected chi connectivity index (χ4v) is 3.97. The van der Waals surface area contributed by atoms with Gasteiger partial charge >= 0.3 is 0 Å². The Morgan fingerprint density at radius 1 is 1.29 bits per heavy atom. The van der Waals surface area contributed by atoms with Crippen LogP contribution in [0, 0.1) is 6.92 Å². The van der Waals surface area contributed by atoms with Crippen molar-refractivity contribution in [2.24, 2.45) is 0 Å². The van der Waals surface area contributed by atoms with Crippen LogP contribution in [0.25, 0.3) is 23.0 Å². The van der Waals surface area contributed by atoms with Crippen LogP contribution in [0.3, 0.4) is 0 Å². The molecule has 1 aromatic carbocycles. The fourth-order valence-electron chi connectivity index (χ4n) is 3.97. The first kappa shape index (κ1) is 23.6. The van der Waals surface area contributed by atoms with Crippen LogP contribution in [0.5, 0.6) is 0 Å². The highest BCUT2D eigenvalue weighted by Crippen LogP contribution is 2.32. The van der Waals surface area contributed by atoms with Crippen LogP contribution < -0.4 is 10.6 Å². The van der Waals surface area contributed by atoms with Gasteiger partial charge in [-0.2, -0.15) is 10.2 Å². The van der Waals surface area contributed by atoms with Gasteiger partial charge in [-0.15, -0.1) is 0 Å². The van der Waals surface area contributed by atoms with E-state index in [-0.39, 0.29) is 6.04 Å². The van der Waals surface area contributed by atoms with Crippen molar-refractivity contribution in [3.63, 3.8) is 0 Å². The van der Waals surface area contributed by atoms with Gasteiger partial charge in [0.15, 0.2) is 0 Å². The second kappa shape index (κ2) is 11.1. The summed E-state index contributed by atoms with van der Waals surface area (Å²) in [5.74, 6) is 1.42. The van der Waals surface area contributed by atoms with E-state index in [4.69, 9.17) is 14.7 Å². The predicted molar refractivity (Wildman–Crippen MR) is 133 cm³/mol. The lowest BCUT2D eigenvalue weighted by molar-refractivity contribution is -0.118. The Morgan fingerprint density at radius 2 is 2.12 bits per heavy atom. The number of nitrogens with one attached hydrogen (secondary N) is 2. The molecule has 0 spiro atoms. The molecular weight excluding hydrogens is 432 g/mol. The van der Waals surface area contributed by atoms with Crippen LogP contribution in [0.4, 0.5) is 11.6 Å². The Labute approximate surface area is 199 Å². The number of ether oxygens (including phenoxy) is 1. The van der Waals surface area contributed by atoms with E-state index in [2.05, 4.69) is 22.5 Å². The summed E-state index contributed by atoms with van der Waals surface area (Å²) in [7, 11) is 1.69. The topological polar surface area (TPSA) is 93.5 Å². The molecule has 1 saturated heterocycles. The van der Waals surface area contributed by atoms with Gasteiger partial charge in [0.2, 0.25) is 6.41 Å². The second-order valence-electron chi connectivity index (χ2n) is 8.01. The number of carbonyl (C=O) groups is 1. The number of hydrogen-bond donors (Lipinski definition) is 2. The summed E-state index contributed by atoms with van der Waals surface area (Å²) in [5.41, 5.74) is 4.45. The zero-order valence-electron chi connectivity index (χ0n) is 19.7. The number of rotatable bonds is 10. The lowest BCUT2D eigenvalue weighted by Gasteiger charge is -2.16. The average Bonchev–Trinajstić information content (AvgIpc) is 3.44. The number of carbonyl (C=O) groups excluding carboxylic acids is 1. The van der Waals surface area contributed by atoms with Crippen LogP contribution in [0.1, 0.15) is 18.1 Å². The summed E-state index contributed by atoms with van der Waals surface area (Å²) in [6.45, 7) is 6.63. The third-order valence-corrected chi connectivity index (χ3v) is 5.62. The second-order valence-corrected chi connectivity index (χ2v) is 8.01. The first-order valence-corrected chi connectivity index (χ1v) is 11.3. The van der Waals surface area contributed by atoms with Crippen molar-refractivity contribution in [3.8, 4) is 16.9 Å². The van der Waals surface area contributed by atoms with Crippen molar-refractivity contribution < 1.29 is 14.4 Å². The van der Waals surface area contributed by atoms with Gasteiger partial charge in [-0.25, -0.2) is 9.67 Å². The van der Waals surface area contributed by atoms with E-state index >= 15 is 0 Å². The van der Waals surface area contributed by atoms with Crippen molar-refractivity contribution in [1.82, 2.24) is 19.8 Å². The molecule has 3 heterocycles. The fraction of sp³-hybridized carbons (Fsp3) is 0.320. The summed E-state index contributed by atoms with van der Waals surface area (Å²) < 4.78 is 7.09. The van der Waals surface area contributed by atoms with Crippen LogP contribution in [0.15, 0.2) is 48.7 Å². The van der Waals surface area contributed by atoms with Gasteiger partial charge in [-0.05, 0) is 32.0 Å². The zero-order chi connectivity index (χ0) is 23.9. The highest BCUT2D eigenvalue weighted by Gasteiger charge is 2.26. The van der Waals surface area contributed by atoms with Gasteiger partial charge in [0.1, 0.15) is 11.6 Å². The van der Waals surface area contributed by atoms with Crippen molar-refractivity contribution >= 4 is 24.1 Å². The van der Waals surface area contributed by atoms with E-state index in [1.807, 2.05) is 65.2 Å². The van der Waals surface area contributed by atoms with E-state index in [9.17, 15) is 4.79 Å². The van der Waals surface area contributed by atoms with E-state index < -0.39 is 0 Å². The van der Waals surface area contributed by atoms with Crippen LogP contribution >= 0.6 is 0 Å². The normalized spacial score (nSPS) is 16.3. The SMILES string of the molecule is C/C=C\c1cc(-c2nn(-c3ccccc3)c(NC3CON(CCOC)C3)c2C)cnc1NC=O. The first-order chi connectivity index (χ1) is 16.6. The van der Waals surface area contributed by atoms with Gasteiger partial charge in [-0.1, -0.05) is 30.4 Å². The number of methoxy groups -OCH3 is 1. The molecule has 1 fully saturated rings. The van der Waals surface area contributed by atoms with E-state index in [1.54, 1.807) is 13.3 Å². The highest BCUT2D eigenvalue weighted by atomic mass is 16.7. The third-order valence-electron chi connectivity index (χ3n) is 5.62. The molecule has 9 nitrogen and oxygen atoms in total. The molecule has 1 atom stereocenters. The molecule has 1 unspecified atom stereocenters. The quantitative estimate of drug-likeness (QED) is 0.445. The number of aromatic nitrogens is 3. The number of allylic oxidation sites excluding steroid dienone is 1. The molecule has 9 heteroatoms. The molecule has 2 N–H and O–H groups in total. The minimum atomic E-state index is 0.110. The van der Waals surface area contributed by atoms with Gasteiger partial charge in [0.25, 0.3) is 0 Å². The zero-order valence-corrected chi connectivity index (χ0v) is 19.7. The minimum absolute atomic E-state index is 0.110. The summed E-state index contributed by atoms with van der Waals surface area (Å²) in [6, 6.07) is 12.1. The molecule has 0 aliphatic carbocycles. The van der Waals surface area contributed by atoms with E-state index in [0.29, 0.717) is 25.4 Å². The predicted octanol–water partition coefficient (Wildman–Crippen LogP) is 3.52. The molecule has 2 aromatic heterocycles.